The summed E-state index contributed by atoms with van der Waals surface area (Å²) in [5.41, 5.74) is 7.78. The highest BCUT2D eigenvalue weighted by atomic mass is 16.5. The maximum absolute atomic E-state index is 7.06. The highest BCUT2D eigenvalue weighted by Gasteiger charge is 2.67. The summed E-state index contributed by atoms with van der Waals surface area (Å²) in [4.78, 5) is 0. The number of benzene rings is 6. The van der Waals surface area contributed by atoms with Crippen LogP contribution in [0.4, 0.5) is 0 Å². The van der Waals surface area contributed by atoms with Crippen LogP contribution in [0.5, 0.6) is 34.5 Å². The van der Waals surface area contributed by atoms with Crippen molar-refractivity contribution in [1.82, 2.24) is 20.4 Å². The first kappa shape index (κ1) is 37.4. The number of rotatable bonds is 10. The van der Waals surface area contributed by atoms with Crippen LogP contribution in [0.25, 0.3) is 22.9 Å². The largest absolute Gasteiger partial charge is 0.493 e. The molecule has 0 amide bonds. The van der Waals surface area contributed by atoms with Crippen LogP contribution in [0, 0.1) is 0 Å². The van der Waals surface area contributed by atoms with Crippen molar-refractivity contribution in [2.75, 3.05) is 42.7 Å². The molecule has 0 fully saturated rings. The predicted molar refractivity (Wildman–Crippen MR) is 228 cm³/mol. The average molecular weight is 825 g/mol. The lowest BCUT2D eigenvalue weighted by molar-refractivity contribution is 0.309. The first-order valence-electron chi connectivity index (χ1n) is 20.1. The molecule has 0 unspecified atom stereocenters. The Bertz CT molecular complexity index is 2710. The summed E-state index contributed by atoms with van der Waals surface area (Å²) in [6.07, 6.45) is 0. The Morgan fingerprint density at radius 3 is 0.952 bits per heavy atom. The number of nitrogens with zero attached hydrogens (tertiary/aromatic N) is 4. The molecule has 6 aliphatic rings. The summed E-state index contributed by atoms with van der Waals surface area (Å²) in [5.74, 6) is 3.65. The van der Waals surface area contributed by atoms with Gasteiger partial charge in [0.1, 0.15) is 10.8 Å². The monoisotopic (exact) mass is 824 g/mol. The van der Waals surface area contributed by atoms with Crippen molar-refractivity contribution >= 4 is 0 Å². The van der Waals surface area contributed by atoms with E-state index in [-0.39, 0.29) is 11.8 Å². The predicted octanol–water partition coefficient (Wildman–Crippen LogP) is 9.11. The SMILES string of the molecule is COc1cc(-c2nnc(C34c5ccccc5C(c5ccccc53)C3(c5nnc(-c6cc(OC)c(OC)c(OC)c6)o5)c5ccccc5C4c4ccccc43)o2)cc(OC)c1OC. The molecule has 0 N–H and O–H groups in total. The second kappa shape index (κ2) is 14.0. The van der Waals surface area contributed by atoms with E-state index in [0.29, 0.717) is 69.2 Å². The van der Waals surface area contributed by atoms with Gasteiger partial charge >= 0.3 is 0 Å². The molecule has 308 valence electrons. The van der Waals surface area contributed by atoms with Gasteiger partial charge in [-0.15, -0.1) is 20.4 Å². The molecular weight excluding hydrogens is 785 g/mol. The van der Waals surface area contributed by atoms with Gasteiger partial charge in [-0.05, 0) is 68.8 Å². The third-order valence-corrected chi connectivity index (χ3v) is 13.0. The molecule has 6 aliphatic carbocycles. The third kappa shape index (κ3) is 4.77. The van der Waals surface area contributed by atoms with E-state index < -0.39 is 10.8 Å². The molecule has 4 bridgehead atoms. The maximum Gasteiger partial charge on any atom is 0.248 e. The zero-order valence-corrected chi connectivity index (χ0v) is 34.8. The summed E-state index contributed by atoms with van der Waals surface area (Å²) in [6.45, 7) is 0. The molecule has 0 radical (unpaired) electrons. The first-order chi connectivity index (χ1) is 30.5. The van der Waals surface area contributed by atoms with Crippen molar-refractivity contribution < 1.29 is 37.3 Å². The smallest absolute Gasteiger partial charge is 0.248 e. The number of methoxy groups -OCH3 is 6. The van der Waals surface area contributed by atoms with E-state index in [2.05, 4.69) is 97.1 Å². The van der Waals surface area contributed by atoms with Crippen molar-refractivity contribution in [2.24, 2.45) is 0 Å². The lowest BCUT2D eigenvalue weighted by atomic mass is 9.42. The minimum absolute atomic E-state index is 0.310. The van der Waals surface area contributed by atoms with Gasteiger partial charge in [-0.3, -0.25) is 0 Å². The van der Waals surface area contributed by atoms with Crippen molar-refractivity contribution in [3.63, 3.8) is 0 Å². The minimum Gasteiger partial charge on any atom is -0.493 e. The molecule has 62 heavy (non-hydrogen) atoms. The molecule has 12 heteroatoms. The summed E-state index contributed by atoms with van der Waals surface area (Å²) in [5, 5.41) is 19.6. The molecule has 2 heterocycles. The summed E-state index contributed by atoms with van der Waals surface area (Å²) < 4.78 is 48.3. The lowest BCUT2D eigenvalue weighted by Crippen LogP contribution is -2.54. The normalized spacial score (nSPS) is 19.9. The summed E-state index contributed by atoms with van der Waals surface area (Å²) in [7, 11) is 9.49. The van der Waals surface area contributed by atoms with Gasteiger partial charge in [0, 0.05) is 23.0 Å². The molecule has 8 aromatic rings. The molecule has 2 aromatic heterocycles. The van der Waals surface area contributed by atoms with Crippen molar-refractivity contribution in [3.05, 3.63) is 178 Å². The van der Waals surface area contributed by atoms with Crippen LogP contribution in [0.3, 0.4) is 0 Å². The van der Waals surface area contributed by atoms with Gasteiger partial charge in [-0.2, -0.15) is 0 Å². The van der Waals surface area contributed by atoms with Gasteiger partial charge in [0.25, 0.3) is 0 Å². The molecule has 0 saturated heterocycles. The van der Waals surface area contributed by atoms with Gasteiger partial charge in [-0.1, -0.05) is 97.1 Å². The fraction of sp³-hybridized carbons (Fsp3) is 0.200. The van der Waals surface area contributed by atoms with Crippen LogP contribution in [0.2, 0.25) is 0 Å². The van der Waals surface area contributed by atoms with Crippen molar-refractivity contribution in [3.8, 4) is 57.4 Å². The fourth-order valence-corrected chi connectivity index (χ4v) is 10.7. The lowest BCUT2D eigenvalue weighted by Gasteiger charge is -2.58. The van der Waals surface area contributed by atoms with Gasteiger partial charge in [0.05, 0.1) is 42.7 Å². The second-order valence-corrected chi connectivity index (χ2v) is 15.5. The molecule has 0 aliphatic heterocycles. The fourth-order valence-electron chi connectivity index (χ4n) is 10.7. The van der Waals surface area contributed by atoms with Crippen LogP contribution >= 0.6 is 0 Å². The van der Waals surface area contributed by atoms with E-state index >= 15 is 0 Å². The highest BCUT2D eigenvalue weighted by Crippen LogP contribution is 2.71. The minimum atomic E-state index is -0.995. The van der Waals surface area contributed by atoms with E-state index in [9.17, 15) is 0 Å². The zero-order valence-electron chi connectivity index (χ0n) is 34.8. The van der Waals surface area contributed by atoms with Crippen LogP contribution < -0.4 is 28.4 Å². The highest BCUT2D eigenvalue weighted by molar-refractivity contribution is 5.77. The Morgan fingerprint density at radius 1 is 0.387 bits per heavy atom. The topological polar surface area (TPSA) is 133 Å². The van der Waals surface area contributed by atoms with E-state index in [1.807, 2.05) is 24.3 Å². The first-order valence-corrected chi connectivity index (χ1v) is 20.1. The van der Waals surface area contributed by atoms with Crippen molar-refractivity contribution in [1.29, 1.82) is 0 Å². The van der Waals surface area contributed by atoms with Crippen LogP contribution in [0.1, 0.15) is 68.1 Å². The standard InChI is InChI=1S/C50H40N4O8/c1-55-37-23-27(24-38(56-2)43(37)59-5)45-51-53-47(61-45)49-33-19-11-7-15-29(33)42(30-16-8-12-20-34(30)49)50(35-21-13-9-17-31(35)41(49)32-18-10-14-22-36(32)50)48-54-52-46(62-48)28-25-39(57-3)44(60-6)40(26-28)58-4/h7-26,41-42H,1-6H3. The zero-order chi connectivity index (χ0) is 42.3. The number of hydrogen-bond acceptors (Lipinski definition) is 12. The van der Waals surface area contributed by atoms with Crippen LogP contribution in [0.15, 0.2) is 130 Å². The van der Waals surface area contributed by atoms with E-state index in [0.717, 1.165) is 44.5 Å². The molecule has 6 aromatic carbocycles. The van der Waals surface area contributed by atoms with E-state index in [4.69, 9.17) is 57.7 Å². The molecule has 0 saturated carbocycles. The Hall–Kier alpha value is -7.60. The van der Waals surface area contributed by atoms with E-state index in [1.165, 1.54) is 0 Å². The van der Waals surface area contributed by atoms with Crippen molar-refractivity contribution in [2.45, 2.75) is 22.7 Å². The number of aromatic nitrogens is 4. The molecule has 0 spiro atoms. The quantitative estimate of drug-likeness (QED) is 0.130. The second-order valence-electron chi connectivity index (χ2n) is 15.5. The van der Waals surface area contributed by atoms with Gasteiger partial charge in [-0.25, -0.2) is 0 Å². The van der Waals surface area contributed by atoms with Gasteiger partial charge in [0.2, 0.25) is 35.1 Å². The van der Waals surface area contributed by atoms with E-state index in [1.54, 1.807) is 42.7 Å². The Labute approximate surface area is 357 Å². The Kier molecular flexibility index (Phi) is 8.44. The third-order valence-electron chi connectivity index (χ3n) is 13.0. The number of hydrogen-bond donors (Lipinski definition) is 0. The number of ether oxygens (including phenoxy) is 6. The summed E-state index contributed by atoms with van der Waals surface area (Å²) in [6, 6.07) is 41.7. The van der Waals surface area contributed by atoms with Crippen LogP contribution in [-0.4, -0.2) is 63.1 Å². The summed E-state index contributed by atoms with van der Waals surface area (Å²) >= 11 is 0. The van der Waals surface area contributed by atoms with Gasteiger partial charge < -0.3 is 37.3 Å². The molecule has 12 nitrogen and oxygen atoms in total. The molecule has 0 atom stereocenters. The molecule has 14 rings (SSSR count). The maximum atomic E-state index is 7.06. The van der Waals surface area contributed by atoms with Crippen LogP contribution in [-0.2, 0) is 10.8 Å². The molecular formula is C50H40N4O8. The Balaban J connectivity index is 1.22. The Morgan fingerprint density at radius 2 is 0.677 bits per heavy atom. The average Bonchev–Trinajstić information content (AvgIpc) is 4.03. The van der Waals surface area contributed by atoms with Gasteiger partial charge in [0.15, 0.2) is 23.0 Å².